The van der Waals surface area contributed by atoms with Gasteiger partial charge in [0, 0.05) is 0 Å². The number of hydrogen-bond donors (Lipinski definition) is 0. The second kappa shape index (κ2) is 15.2. The van der Waals surface area contributed by atoms with Crippen LogP contribution < -0.4 is 24.8 Å². The van der Waals surface area contributed by atoms with Crippen LogP contribution in [0.2, 0.25) is 8.35 Å². The monoisotopic (exact) mass is 948 g/mol. The summed E-state index contributed by atoms with van der Waals surface area (Å²) in [6, 6.07) is 35.9. The molecule has 0 spiro atoms. The van der Waals surface area contributed by atoms with Gasteiger partial charge in [0.2, 0.25) is 0 Å². The Morgan fingerprint density at radius 3 is 0.841 bits per heavy atom. The first-order valence-corrected chi connectivity index (χ1v) is 28.9. The molecule has 0 radical (unpaired) electrons. The average Bonchev–Trinajstić information content (AvgIpc) is 3.85. The van der Waals surface area contributed by atoms with E-state index in [0.717, 1.165) is 14.7 Å². The number of halogens is 2. The zero-order valence-electron chi connectivity index (χ0n) is 25.3. The fourth-order valence-electron chi connectivity index (χ4n) is 7.56. The summed E-state index contributed by atoms with van der Waals surface area (Å²) in [6.07, 6.45) is 19.4. The van der Waals surface area contributed by atoms with E-state index < -0.39 is 42.9 Å². The van der Waals surface area contributed by atoms with E-state index in [-0.39, 0.29) is 24.8 Å². The van der Waals surface area contributed by atoms with Crippen molar-refractivity contribution in [3.8, 4) is 0 Å². The second-order valence-electron chi connectivity index (χ2n) is 11.7. The van der Waals surface area contributed by atoms with E-state index in [1.54, 1.807) is 22.3 Å². The standard InChI is InChI=1S/4C9H7.2C2H5.2ClH.2Hf/c4*1-2-5-9-7-3-6-8(9)4-1;2*1-2;;;;/h4*1-7H;2*1H2,2H3;2*1H;;/q;;;;;;;;2*+1/p-2. The topological polar surface area (TPSA) is 0 Å². The molecule has 4 heteroatoms. The van der Waals surface area contributed by atoms with Crippen LogP contribution in [0.25, 0.3) is 24.3 Å². The second-order valence-corrected chi connectivity index (χ2v) is 34.0. The zero-order valence-corrected chi connectivity index (χ0v) is 34.0. The van der Waals surface area contributed by atoms with Gasteiger partial charge in [-0.15, -0.1) is 0 Å². The molecule has 0 bridgehead atoms. The van der Waals surface area contributed by atoms with E-state index in [9.17, 15) is 0 Å². The number of rotatable bonds is 6. The largest absolute Gasteiger partial charge is 1.00 e. The average molecular weight is 947 g/mol. The summed E-state index contributed by atoms with van der Waals surface area (Å²) in [5.74, 6) is 0. The SMILES string of the molecule is C[CH2][Hf+]([CH]1C=Cc2ccccc21)[CH]1C=Cc2ccccc21.C[CH2][Hf+]([CH]1C=Cc2ccccc21)[CH]1C=Cc2ccccc21.[Cl-].[Cl-]. The van der Waals surface area contributed by atoms with Crippen LogP contribution in [0.3, 0.4) is 0 Å². The molecule has 4 aromatic carbocycles. The smallest absolute Gasteiger partial charge is 1.00 e. The molecule has 44 heavy (non-hydrogen) atoms. The van der Waals surface area contributed by atoms with Crippen molar-refractivity contribution in [2.45, 2.75) is 36.9 Å². The van der Waals surface area contributed by atoms with Crippen molar-refractivity contribution < 1.29 is 67.7 Å². The molecule has 0 aliphatic heterocycles. The predicted molar refractivity (Wildman–Crippen MR) is 174 cm³/mol. The van der Waals surface area contributed by atoms with Crippen molar-refractivity contribution in [3.63, 3.8) is 0 Å². The zero-order chi connectivity index (χ0) is 28.5. The normalized spacial score (nSPS) is 20.4. The van der Waals surface area contributed by atoms with Gasteiger partial charge in [-0.05, 0) is 0 Å². The van der Waals surface area contributed by atoms with E-state index in [4.69, 9.17) is 0 Å². The van der Waals surface area contributed by atoms with E-state index in [1.807, 2.05) is 0 Å². The van der Waals surface area contributed by atoms with Crippen molar-refractivity contribution in [1.82, 2.24) is 0 Å². The first-order chi connectivity index (χ1) is 20.8. The number of allylic oxidation sites excluding steroid dienone is 4. The molecule has 4 aliphatic rings. The molecule has 0 saturated heterocycles. The summed E-state index contributed by atoms with van der Waals surface area (Å²) < 4.78 is 5.87. The first kappa shape index (κ1) is 33.5. The van der Waals surface area contributed by atoms with Gasteiger partial charge < -0.3 is 24.8 Å². The molecular formula is C40H38Cl2Hf2. The molecule has 4 atom stereocenters. The van der Waals surface area contributed by atoms with Crippen LogP contribution in [0.15, 0.2) is 121 Å². The Labute approximate surface area is 292 Å². The molecule has 0 amide bonds. The molecule has 0 fully saturated rings. The fraction of sp³-hybridized carbons (Fsp3) is 0.200. The van der Waals surface area contributed by atoms with Crippen molar-refractivity contribution in [1.29, 1.82) is 0 Å². The Balaban J connectivity index is 0.000000167. The first-order valence-electron chi connectivity index (χ1n) is 15.6. The Hall–Kier alpha value is -1.84. The van der Waals surface area contributed by atoms with E-state index in [1.165, 1.54) is 30.6 Å². The Morgan fingerprint density at radius 1 is 0.386 bits per heavy atom. The molecule has 4 aliphatic carbocycles. The minimum absolute atomic E-state index is 0. The third-order valence-corrected chi connectivity index (χ3v) is 34.2. The van der Waals surface area contributed by atoms with Crippen molar-refractivity contribution >= 4 is 24.3 Å². The summed E-state index contributed by atoms with van der Waals surface area (Å²) in [5, 5.41) is 0. The minimum Gasteiger partial charge on any atom is -1.00 e. The molecule has 220 valence electrons. The van der Waals surface area contributed by atoms with Gasteiger partial charge in [0.15, 0.2) is 0 Å². The molecular weight excluding hydrogens is 908 g/mol. The van der Waals surface area contributed by atoms with Gasteiger partial charge in [-0.1, -0.05) is 0 Å². The van der Waals surface area contributed by atoms with Crippen LogP contribution in [0.4, 0.5) is 0 Å². The van der Waals surface area contributed by atoms with E-state index >= 15 is 0 Å². The number of hydrogen-bond acceptors (Lipinski definition) is 0. The van der Waals surface area contributed by atoms with Gasteiger partial charge in [-0.25, -0.2) is 0 Å². The number of fused-ring (bicyclic) bond motifs is 4. The van der Waals surface area contributed by atoms with Crippen molar-refractivity contribution in [2.24, 2.45) is 0 Å². The molecule has 0 nitrogen and oxygen atoms in total. The van der Waals surface area contributed by atoms with Gasteiger partial charge in [0.1, 0.15) is 0 Å². The van der Waals surface area contributed by atoms with E-state index in [0.29, 0.717) is 0 Å². The Bertz CT molecular complexity index is 1470. The van der Waals surface area contributed by atoms with Crippen LogP contribution in [0, 0.1) is 0 Å². The molecule has 0 aromatic heterocycles. The summed E-state index contributed by atoms with van der Waals surface area (Å²) in [4.78, 5) is 0. The molecule has 0 heterocycles. The van der Waals surface area contributed by atoms with Gasteiger partial charge in [-0.3, -0.25) is 0 Å². The predicted octanol–water partition coefficient (Wildman–Crippen LogP) is 5.17. The molecule has 0 saturated carbocycles. The van der Waals surface area contributed by atoms with Gasteiger partial charge >= 0.3 is 270 Å². The van der Waals surface area contributed by atoms with Gasteiger partial charge in [0.25, 0.3) is 0 Å². The maximum Gasteiger partial charge on any atom is -1.00 e. The van der Waals surface area contributed by atoms with Gasteiger partial charge in [0.05, 0.1) is 0 Å². The van der Waals surface area contributed by atoms with Crippen LogP contribution in [-0.4, -0.2) is 0 Å². The number of benzene rings is 4. The maximum atomic E-state index is 2.50. The van der Waals surface area contributed by atoms with Crippen LogP contribution in [0.1, 0.15) is 73.1 Å². The van der Waals surface area contributed by atoms with Crippen LogP contribution in [0.5, 0.6) is 0 Å². The third-order valence-electron chi connectivity index (χ3n) is 9.61. The summed E-state index contributed by atoms with van der Waals surface area (Å²) >= 11 is -3.65. The van der Waals surface area contributed by atoms with Gasteiger partial charge in [-0.2, -0.15) is 0 Å². The van der Waals surface area contributed by atoms with Crippen molar-refractivity contribution in [2.75, 3.05) is 0 Å². The van der Waals surface area contributed by atoms with Crippen molar-refractivity contribution in [3.05, 3.63) is 166 Å². The fourth-order valence-corrected chi connectivity index (χ4v) is 31.1. The summed E-state index contributed by atoms with van der Waals surface area (Å²) in [6.45, 7) is 4.84. The summed E-state index contributed by atoms with van der Waals surface area (Å²) in [5.41, 5.74) is 12.2. The third kappa shape index (κ3) is 6.39. The molecule has 4 unspecified atom stereocenters. The van der Waals surface area contributed by atoms with Crippen LogP contribution in [-0.2, 0) is 42.9 Å². The quantitative estimate of drug-likeness (QED) is 0.235. The van der Waals surface area contributed by atoms with Crippen LogP contribution >= 0.6 is 0 Å². The maximum absolute atomic E-state index is 2.50. The Kier molecular flexibility index (Phi) is 11.6. The molecule has 8 rings (SSSR count). The minimum atomic E-state index is -1.82. The molecule has 4 aromatic rings. The summed E-state index contributed by atoms with van der Waals surface area (Å²) in [7, 11) is 0. The van der Waals surface area contributed by atoms with E-state index in [2.05, 4.69) is 160 Å². The Morgan fingerprint density at radius 2 is 0.614 bits per heavy atom. The molecule has 0 N–H and O–H groups in total.